The van der Waals surface area contributed by atoms with E-state index in [0.717, 1.165) is 16.8 Å². The SMILES string of the molecule is COC(=O)C(C)SN(C(=O)CBr)c1c(C)cccc1C. The van der Waals surface area contributed by atoms with Crippen molar-refractivity contribution in [1.29, 1.82) is 0 Å². The van der Waals surface area contributed by atoms with Gasteiger partial charge in [-0.3, -0.25) is 13.9 Å². The highest BCUT2D eigenvalue weighted by Crippen LogP contribution is 2.32. The van der Waals surface area contributed by atoms with Gasteiger partial charge in [0.2, 0.25) is 5.91 Å². The van der Waals surface area contributed by atoms with Crippen LogP contribution in [0.5, 0.6) is 0 Å². The molecule has 1 rings (SSSR count). The summed E-state index contributed by atoms with van der Waals surface area (Å²) in [5.41, 5.74) is 2.81. The molecule has 1 amide bonds. The van der Waals surface area contributed by atoms with Gasteiger partial charge >= 0.3 is 5.97 Å². The molecule has 0 aliphatic carbocycles. The quantitative estimate of drug-likeness (QED) is 0.460. The van der Waals surface area contributed by atoms with Gasteiger partial charge in [-0.1, -0.05) is 34.1 Å². The summed E-state index contributed by atoms with van der Waals surface area (Å²) in [7, 11) is 1.34. The molecule has 0 saturated heterocycles. The maximum absolute atomic E-state index is 12.2. The van der Waals surface area contributed by atoms with E-state index in [0.29, 0.717) is 0 Å². The first kappa shape index (κ1) is 17.0. The number of alkyl halides is 1. The van der Waals surface area contributed by atoms with Gasteiger partial charge in [-0.05, 0) is 43.8 Å². The predicted molar refractivity (Wildman–Crippen MR) is 86.3 cm³/mol. The number of methoxy groups -OCH3 is 1. The first-order valence-corrected chi connectivity index (χ1v) is 8.07. The molecule has 4 nitrogen and oxygen atoms in total. The molecule has 110 valence electrons. The number of para-hydroxylation sites is 1. The van der Waals surface area contributed by atoms with Gasteiger partial charge in [-0.25, -0.2) is 0 Å². The van der Waals surface area contributed by atoms with Gasteiger partial charge in [0.25, 0.3) is 0 Å². The summed E-state index contributed by atoms with van der Waals surface area (Å²) in [5.74, 6) is -0.461. The number of esters is 1. The fourth-order valence-electron chi connectivity index (χ4n) is 1.78. The van der Waals surface area contributed by atoms with Crippen molar-refractivity contribution in [3.63, 3.8) is 0 Å². The Morgan fingerprint density at radius 1 is 1.35 bits per heavy atom. The molecular formula is C14H18BrNO3S. The van der Waals surface area contributed by atoms with E-state index in [1.807, 2.05) is 32.0 Å². The van der Waals surface area contributed by atoms with Crippen LogP contribution in [0.3, 0.4) is 0 Å². The Bertz CT molecular complexity index is 487. The lowest BCUT2D eigenvalue weighted by atomic mass is 10.1. The highest BCUT2D eigenvalue weighted by molar-refractivity contribution is 9.09. The average molecular weight is 360 g/mol. The van der Waals surface area contributed by atoms with E-state index in [2.05, 4.69) is 15.9 Å². The largest absolute Gasteiger partial charge is 0.468 e. The minimum Gasteiger partial charge on any atom is -0.468 e. The number of hydrogen-bond donors (Lipinski definition) is 0. The van der Waals surface area contributed by atoms with Crippen molar-refractivity contribution in [1.82, 2.24) is 0 Å². The monoisotopic (exact) mass is 359 g/mol. The van der Waals surface area contributed by atoms with Gasteiger partial charge in [0.05, 0.1) is 18.1 Å². The number of carbonyl (C=O) groups excluding carboxylic acids is 2. The third-order valence-corrected chi connectivity index (χ3v) is 4.37. The van der Waals surface area contributed by atoms with Crippen LogP contribution in [0.2, 0.25) is 0 Å². The van der Waals surface area contributed by atoms with Gasteiger partial charge in [-0.15, -0.1) is 0 Å². The van der Waals surface area contributed by atoms with Crippen molar-refractivity contribution in [2.75, 3.05) is 16.7 Å². The third kappa shape index (κ3) is 3.99. The summed E-state index contributed by atoms with van der Waals surface area (Å²) in [6.07, 6.45) is 0. The smallest absolute Gasteiger partial charge is 0.320 e. The summed E-state index contributed by atoms with van der Waals surface area (Å²) in [5, 5.41) is -0.260. The molecule has 6 heteroatoms. The molecule has 1 aromatic rings. The van der Waals surface area contributed by atoms with E-state index in [1.54, 1.807) is 11.2 Å². The normalized spacial score (nSPS) is 11.8. The van der Waals surface area contributed by atoms with Gasteiger partial charge in [0.15, 0.2) is 0 Å². The maximum Gasteiger partial charge on any atom is 0.320 e. The van der Waals surface area contributed by atoms with Gasteiger partial charge in [-0.2, -0.15) is 0 Å². The zero-order valence-electron chi connectivity index (χ0n) is 12.0. The molecular weight excluding hydrogens is 342 g/mol. The first-order chi connectivity index (χ1) is 9.42. The van der Waals surface area contributed by atoms with Crippen LogP contribution in [0.25, 0.3) is 0 Å². The van der Waals surface area contributed by atoms with E-state index in [1.165, 1.54) is 19.1 Å². The summed E-state index contributed by atoms with van der Waals surface area (Å²) in [6, 6.07) is 5.83. The summed E-state index contributed by atoms with van der Waals surface area (Å²) in [6.45, 7) is 5.61. The second kappa shape index (κ2) is 7.69. The lowest BCUT2D eigenvalue weighted by Gasteiger charge is -2.26. The van der Waals surface area contributed by atoms with Crippen LogP contribution in [0, 0.1) is 13.8 Å². The maximum atomic E-state index is 12.2. The summed E-state index contributed by atoms with van der Waals surface area (Å²) < 4.78 is 6.28. The Kier molecular flexibility index (Phi) is 6.55. The molecule has 1 unspecified atom stereocenters. The van der Waals surface area contributed by atoms with E-state index < -0.39 is 5.25 Å². The Morgan fingerprint density at radius 3 is 2.35 bits per heavy atom. The van der Waals surface area contributed by atoms with Crippen molar-refractivity contribution < 1.29 is 14.3 Å². The molecule has 0 heterocycles. The minimum atomic E-state index is -0.456. The number of hydrogen-bond acceptors (Lipinski definition) is 4. The summed E-state index contributed by atoms with van der Waals surface area (Å²) in [4.78, 5) is 23.7. The van der Waals surface area contributed by atoms with Crippen LogP contribution in [0.4, 0.5) is 5.69 Å². The molecule has 1 aromatic carbocycles. The average Bonchev–Trinajstić information content (AvgIpc) is 2.43. The van der Waals surface area contributed by atoms with Gasteiger partial charge in [0, 0.05) is 0 Å². The highest BCUT2D eigenvalue weighted by Gasteiger charge is 2.25. The topological polar surface area (TPSA) is 46.6 Å². The van der Waals surface area contributed by atoms with E-state index in [9.17, 15) is 9.59 Å². The molecule has 1 atom stereocenters. The Balaban J connectivity index is 3.13. The number of benzene rings is 1. The highest BCUT2D eigenvalue weighted by atomic mass is 79.9. The van der Waals surface area contributed by atoms with Crippen molar-refractivity contribution in [3.8, 4) is 0 Å². The molecule has 0 aliphatic rings. The standard InChI is InChI=1S/C14H18BrNO3S/c1-9-6-5-7-10(2)13(9)16(12(17)8-15)20-11(3)14(18)19-4/h5-7,11H,8H2,1-4H3. The number of halogens is 1. The van der Waals surface area contributed by atoms with Gasteiger partial charge in [0.1, 0.15) is 5.25 Å². The Labute approximate surface area is 132 Å². The first-order valence-electron chi connectivity index (χ1n) is 6.12. The third-order valence-electron chi connectivity index (χ3n) is 2.78. The molecule has 0 N–H and O–H groups in total. The second-order valence-corrected chi connectivity index (χ2v) is 6.18. The number of carbonyl (C=O) groups is 2. The van der Waals surface area contributed by atoms with Crippen molar-refractivity contribution >= 4 is 45.4 Å². The number of nitrogens with zero attached hydrogens (tertiary/aromatic N) is 1. The van der Waals surface area contributed by atoms with E-state index in [4.69, 9.17) is 4.74 Å². The van der Waals surface area contributed by atoms with Crippen LogP contribution in [-0.2, 0) is 14.3 Å². The van der Waals surface area contributed by atoms with Crippen molar-refractivity contribution in [3.05, 3.63) is 29.3 Å². The number of ether oxygens (including phenoxy) is 1. The number of rotatable bonds is 5. The van der Waals surface area contributed by atoms with Crippen molar-refractivity contribution in [2.45, 2.75) is 26.0 Å². The zero-order chi connectivity index (χ0) is 15.3. The van der Waals surface area contributed by atoms with Gasteiger partial charge < -0.3 is 4.74 Å². The Morgan fingerprint density at radius 2 is 1.90 bits per heavy atom. The fourth-order valence-corrected chi connectivity index (χ4v) is 3.27. The van der Waals surface area contributed by atoms with E-state index >= 15 is 0 Å². The lowest BCUT2D eigenvalue weighted by molar-refractivity contribution is -0.139. The lowest BCUT2D eigenvalue weighted by Crippen LogP contribution is -2.31. The number of anilines is 1. The Hall–Kier alpha value is -1.01. The molecule has 0 radical (unpaired) electrons. The zero-order valence-corrected chi connectivity index (χ0v) is 14.4. The predicted octanol–water partition coefficient (Wildman–Crippen LogP) is 3.24. The molecule has 20 heavy (non-hydrogen) atoms. The van der Waals surface area contributed by atoms with Crippen LogP contribution < -0.4 is 4.31 Å². The molecule has 0 aliphatic heterocycles. The molecule has 0 bridgehead atoms. The van der Waals surface area contributed by atoms with Crippen LogP contribution in [0.1, 0.15) is 18.1 Å². The molecule has 0 spiro atoms. The van der Waals surface area contributed by atoms with Crippen molar-refractivity contribution in [2.24, 2.45) is 0 Å². The molecule has 0 aromatic heterocycles. The minimum absolute atomic E-state index is 0.108. The van der Waals surface area contributed by atoms with Crippen LogP contribution >= 0.6 is 27.9 Å². The summed E-state index contributed by atoms with van der Waals surface area (Å²) >= 11 is 4.36. The van der Waals surface area contributed by atoms with Crippen LogP contribution in [-0.4, -0.2) is 29.6 Å². The number of amides is 1. The molecule has 0 fully saturated rings. The van der Waals surface area contributed by atoms with E-state index in [-0.39, 0.29) is 17.2 Å². The molecule has 0 saturated carbocycles. The van der Waals surface area contributed by atoms with Crippen LogP contribution in [0.15, 0.2) is 18.2 Å². The fraction of sp³-hybridized carbons (Fsp3) is 0.429. The number of aryl methyl sites for hydroxylation is 2. The second-order valence-electron chi connectivity index (χ2n) is 4.33.